The summed E-state index contributed by atoms with van der Waals surface area (Å²) in [7, 11) is 0. The van der Waals surface area contributed by atoms with Gasteiger partial charge in [0.2, 0.25) is 0 Å². The minimum absolute atomic E-state index is 0.000985. The summed E-state index contributed by atoms with van der Waals surface area (Å²) in [6.45, 7) is 2.43. The van der Waals surface area contributed by atoms with E-state index >= 15 is 0 Å². The fourth-order valence-corrected chi connectivity index (χ4v) is 3.46. The van der Waals surface area contributed by atoms with Crippen LogP contribution in [0.3, 0.4) is 0 Å². The first-order chi connectivity index (χ1) is 7.75. The first kappa shape index (κ1) is 12.2. The molecule has 16 heavy (non-hydrogen) atoms. The van der Waals surface area contributed by atoms with E-state index in [-0.39, 0.29) is 6.10 Å². The molecule has 1 nitrogen and oxygen atoms in total. The fraction of sp³-hybridized carbons (Fsp3) is 0.867. The number of aliphatic hydroxyl groups excluding tert-OH is 1. The molecular weight excluding hydrogens is 196 g/mol. The topological polar surface area (TPSA) is 20.2 Å². The van der Waals surface area contributed by atoms with Gasteiger partial charge in [-0.15, -0.1) is 0 Å². The molecule has 1 saturated carbocycles. The van der Waals surface area contributed by atoms with Crippen molar-refractivity contribution in [2.24, 2.45) is 17.8 Å². The molecule has 0 aliphatic heterocycles. The quantitative estimate of drug-likeness (QED) is 0.718. The Labute approximate surface area is 99.9 Å². The highest BCUT2D eigenvalue weighted by atomic mass is 16.3. The molecule has 2 atom stereocenters. The zero-order valence-corrected chi connectivity index (χ0v) is 10.6. The largest absolute Gasteiger partial charge is 0.393 e. The van der Waals surface area contributed by atoms with Crippen LogP contribution in [0.2, 0.25) is 0 Å². The maximum atomic E-state index is 9.52. The van der Waals surface area contributed by atoms with E-state index < -0.39 is 0 Å². The van der Waals surface area contributed by atoms with E-state index in [4.69, 9.17) is 0 Å². The summed E-state index contributed by atoms with van der Waals surface area (Å²) in [6.07, 6.45) is 14.7. The van der Waals surface area contributed by atoms with Gasteiger partial charge in [-0.25, -0.2) is 0 Å². The van der Waals surface area contributed by atoms with Crippen LogP contribution in [-0.2, 0) is 0 Å². The van der Waals surface area contributed by atoms with Crippen LogP contribution in [0.25, 0.3) is 0 Å². The van der Waals surface area contributed by atoms with Crippen LogP contribution in [0.1, 0.15) is 58.3 Å². The Morgan fingerprint density at radius 3 is 2.50 bits per heavy atom. The molecule has 0 amide bonds. The molecule has 1 N–H and O–H groups in total. The van der Waals surface area contributed by atoms with Crippen LogP contribution in [0.15, 0.2) is 12.2 Å². The third-order valence-corrected chi connectivity index (χ3v) is 4.63. The Bertz CT molecular complexity index is 226. The van der Waals surface area contributed by atoms with Gasteiger partial charge in [0.25, 0.3) is 0 Å². The van der Waals surface area contributed by atoms with Gasteiger partial charge < -0.3 is 5.11 Å². The molecule has 2 unspecified atom stereocenters. The van der Waals surface area contributed by atoms with Crippen LogP contribution in [-0.4, -0.2) is 11.2 Å². The summed E-state index contributed by atoms with van der Waals surface area (Å²) in [5.74, 6) is 2.69. The van der Waals surface area contributed by atoms with E-state index in [0.29, 0.717) is 0 Å². The molecule has 2 aliphatic carbocycles. The molecule has 0 aromatic heterocycles. The van der Waals surface area contributed by atoms with Gasteiger partial charge >= 0.3 is 0 Å². The van der Waals surface area contributed by atoms with E-state index in [0.717, 1.165) is 30.6 Å². The molecular formula is C15H26O. The highest BCUT2D eigenvalue weighted by Crippen LogP contribution is 2.35. The van der Waals surface area contributed by atoms with Crippen molar-refractivity contribution in [3.8, 4) is 0 Å². The maximum Gasteiger partial charge on any atom is 0.0540 e. The fourth-order valence-electron chi connectivity index (χ4n) is 3.46. The van der Waals surface area contributed by atoms with Crippen molar-refractivity contribution in [3.63, 3.8) is 0 Å². The Morgan fingerprint density at radius 2 is 1.88 bits per heavy atom. The normalized spacial score (nSPS) is 37.2. The van der Waals surface area contributed by atoms with Crippen LogP contribution in [0.5, 0.6) is 0 Å². The Kier molecular flexibility index (Phi) is 4.45. The van der Waals surface area contributed by atoms with E-state index in [2.05, 4.69) is 19.1 Å². The standard InChI is InChI=1S/C15H26O/c1-12(11-13-5-3-2-4-6-13)14-7-9-15(16)10-8-14/h2-3,12-16H,4-11H2,1H3. The predicted molar refractivity (Wildman–Crippen MR) is 68.2 cm³/mol. The zero-order chi connectivity index (χ0) is 11.4. The van der Waals surface area contributed by atoms with Crippen molar-refractivity contribution in [2.45, 2.75) is 64.4 Å². The summed E-state index contributed by atoms with van der Waals surface area (Å²) in [4.78, 5) is 0. The molecule has 1 heteroatoms. The van der Waals surface area contributed by atoms with Crippen molar-refractivity contribution in [2.75, 3.05) is 0 Å². The van der Waals surface area contributed by atoms with Crippen LogP contribution in [0.4, 0.5) is 0 Å². The molecule has 0 bridgehead atoms. The molecule has 0 heterocycles. The highest BCUT2D eigenvalue weighted by molar-refractivity contribution is 4.91. The summed E-state index contributed by atoms with van der Waals surface area (Å²) >= 11 is 0. The lowest BCUT2D eigenvalue weighted by atomic mass is 9.75. The smallest absolute Gasteiger partial charge is 0.0540 e. The number of aliphatic hydroxyl groups is 1. The molecule has 2 aliphatic rings. The van der Waals surface area contributed by atoms with Crippen LogP contribution >= 0.6 is 0 Å². The summed E-state index contributed by atoms with van der Waals surface area (Å²) in [6, 6.07) is 0. The minimum Gasteiger partial charge on any atom is -0.393 e. The molecule has 0 saturated heterocycles. The predicted octanol–water partition coefficient (Wildman–Crippen LogP) is 3.92. The second kappa shape index (κ2) is 5.86. The average Bonchev–Trinajstić information content (AvgIpc) is 2.31. The van der Waals surface area contributed by atoms with E-state index in [1.807, 2.05) is 0 Å². The third kappa shape index (κ3) is 3.35. The lowest BCUT2D eigenvalue weighted by molar-refractivity contribution is 0.0884. The van der Waals surface area contributed by atoms with Crippen molar-refractivity contribution in [1.82, 2.24) is 0 Å². The number of allylic oxidation sites excluding steroid dienone is 2. The SMILES string of the molecule is CC(CC1CC=CCC1)C1CCC(O)CC1. The number of hydrogen-bond acceptors (Lipinski definition) is 1. The monoisotopic (exact) mass is 222 g/mol. The van der Waals surface area contributed by atoms with Crippen LogP contribution in [0, 0.1) is 17.8 Å². The lowest BCUT2D eigenvalue weighted by Crippen LogP contribution is -2.24. The van der Waals surface area contributed by atoms with Crippen LogP contribution < -0.4 is 0 Å². The highest BCUT2D eigenvalue weighted by Gasteiger charge is 2.25. The second-order valence-corrected chi connectivity index (χ2v) is 5.93. The molecule has 0 spiro atoms. The van der Waals surface area contributed by atoms with Gasteiger partial charge in [0.05, 0.1) is 6.10 Å². The van der Waals surface area contributed by atoms with Gasteiger partial charge in [0.1, 0.15) is 0 Å². The zero-order valence-electron chi connectivity index (χ0n) is 10.6. The summed E-state index contributed by atoms with van der Waals surface area (Å²) in [5.41, 5.74) is 0. The maximum absolute atomic E-state index is 9.52. The minimum atomic E-state index is 0.000985. The number of hydrogen-bond donors (Lipinski definition) is 1. The van der Waals surface area contributed by atoms with Crippen molar-refractivity contribution < 1.29 is 5.11 Å². The summed E-state index contributed by atoms with van der Waals surface area (Å²) in [5, 5.41) is 9.52. The Balaban J connectivity index is 1.74. The van der Waals surface area contributed by atoms with Gasteiger partial charge in [-0.2, -0.15) is 0 Å². The van der Waals surface area contributed by atoms with Gasteiger partial charge in [0.15, 0.2) is 0 Å². The van der Waals surface area contributed by atoms with Gasteiger partial charge in [-0.3, -0.25) is 0 Å². The average molecular weight is 222 g/mol. The van der Waals surface area contributed by atoms with Gasteiger partial charge in [0, 0.05) is 0 Å². The third-order valence-electron chi connectivity index (χ3n) is 4.63. The molecule has 0 aromatic carbocycles. The molecule has 92 valence electrons. The Morgan fingerprint density at radius 1 is 1.12 bits per heavy atom. The lowest BCUT2D eigenvalue weighted by Gasteiger charge is -2.32. The molecule has 0 radical (unpaired) electrons. The molecule has 1 fully saturated rings. The van der Waals surface area contributed by atoms with Crippen molar-refractivity contribution in [3.05, 3.63) is 12.2 Å². The molecule has 2 rings (SSSR count). The molecule has 0 aromatic rings. The summed E-state index contributed by atoms with van der Waals surface area (Å²) < 4.78 is 0. The first-order valence-corrected chi connectivity index (χ1v) is 7.08. The van der Waals surface area contributed by atoms with Crippen molar-refractivity contribution in [1.29, 1.82) is 0 Å². The number of rotatable bonds is 3. The van der Waals surface area contributed by atoms with E-state index in [1.165, 1.54) is 38.5 Å². The van der Waals surface area contributed by atoms with E-state index in [1.54, 1.807) is 0 Å². The van der Waals surface area contributed by atoms with Gasteiger partial charge in [-0.1, -0.05) is 19.1 Å². The second-order valence-electron chi connectivity index (χ2n) is 5.93. The van der Waals surface area contributed by atoms with Crippen molar-refractivity contribution >= 4 is 0 Å². The van der Waals surface area contributed by atoms with E-state index in [9.17, 15) is 5.11 Å². The Hall–Kier alpha value is -0.300. The first-order valence-electron chi connectivity index (χ1n) is 7.08. The van der Waals surface area contributed by atoms with Gasteiger partial charge in [-0.05, 0) is 69.1 Å².